The Bertz CT molecular complexity index is 322. The summed E-state index contributed by atoms with van der Waals surface area (Å²) in [5, 5.41) is 0. The minimum atomic E-state index is 0.180. The molecular weight excluding hydrogens is 230 g/mol. The highest BCUT2D eigenvalue weighted by atomic mass is 16.2. The molecule has 0 aromatic heterocycles. The van der Waals surface area contributed by atoms with Crippen molar-refractivity contribution in [2.75, 3.05) is 46.3 Å². The maximum Gasteiger partial charge on any atom is 0.236 e. The molecule has 5 heteroatoms. The number of nitrogens with zero attached hydrogens (tertiary/aromatic N) is 3. The first-order chi connectivity index (χ1) is 8.56. The summed E-state index contributed by atoms with van der Waals surface area (Å²) >= 11 is 0. The summed E-state index contributed by atoms with van der Waals surface area (Å²) in [6, 6.07) is 0.430. The van der Waals surface area contributed by atoms with Crippen LogP contribution in [0, 0.1) is 0 Å². The van der Waals surface area contributed by atoms with Crippen molar-refractivity contribution < 1.29 is 9.59 Å². The van der Waals surface area contributed by atoms with Crippen molar-refractivity contribution in [3.05, 3.63) is 0 Å². The number of amides is 1. The van der Waals surface area contributed by atoms with Crippen LogP contribution in [0.1, 0.15) is 19.8 Å². The van der Waals surface area contributed by atoms with E-state index in [1.165, 1.54) is 0 Å². The van der Waals surface area contributed by atoms with Gasteiger partial charge in [0.05, 0.1) is 6.54 Å². The molecule has 1 amide bonds. The molecule has 0 aromatic carbocycles. The quantitative estimate of drug-likeness (QED) is 0.684. The third-order valence-corrected chi connectivity index (χ3v) is 3.98. The van der Waals surface area contributed by atoms with Gasteiger partial charge in [-0.1, -0.05) is 0 Å². The van der Waals surface area contributed by atoms with E-state index in [1.807, 2.05) is 4.90 Å². The number of likely N-dealkylation sites (tertiary alicyclic amines) is 1. The second-order valence-corrected chi connectivity index (χ2v) is 5.50. The lowest BCUT2D eigenvalue weighted by Crippen LogP contribution is -2.54. The van der Waals surface area contributed by atoms with Gasteiger partial charge in [0.1, 0.15) is 5.78 Å². The molecule has 2 aliphatic heterocycles. The molecule has 0 spiro atoms. The molecule has 2 fully saturated rings. The van der Waals surface area contributed by atoms with Crippen molar-refractivity contribution >= 4 is 11.7 Å². The molecule has 0 N–H and O–H groups in total. The number of hydrogen-bond donors (Lipinski definition) is 0. The van der Waals surface area contributed by atoms with E-state index in [4.69, 9.17) is 0 Å². The zero-order chi connectivity index (χ0) is 13.1. The van der Waals surface area contributed by atoms with E-state index in [9.17, 15) is 9.59 Å². The number of piperidine rings is 1. The summed E-state index contributed by atoms with van der Waals surface area (Å²) in [6.07, 6.45) is 1.06. The molecule has 2 heterocycles. The maximum absolute atomic E-state index is 12.2. The lowest BCUT2D eigenvalue weighted by atomic mass is 10.1. The van der Waals surface area contributed by atoms with Crippen molar-refractivity contribution in [3.8, 4) is 0 Å². The largest absolute Gasteiger partial charge is 0.341 e. The lowest BCUT2D eigenvalue weighted by molar-refractivity contribution is -0.136. The Kier molecular flexibility index (Phi) is 4.35. The highest BCUT2D eigenvalue weighted by molar-refractivity contribution is 5.84. The first kappa shape index (κ1) is 13.5. The molecule has 0 bridgehead atoms. The van der Waals surface area contributed by atoms with Crippen molar-refractivity contribution in [1.29, 1.82) is 0 Å². The van der Waals surface area contributed by atoms with Crippen molar-refractivity contribution in [2.45, 2.75) is 25.8 Å². The van der Waals surface area contributed by atoms with Crippen LogP contribution < -0.4 is 0 Å². The summed E-state index contributed by atoms with van der Waals surface area (Å²) < 4.78 is 0. The number of rotatable bonds is 2. The number of carbonyl (C=O) groups excluding carboxylic acids is 2. The molecule has 2 rings (SSSR count). The van der Waals surface area contributed by atoms with Crippen LogP contribution in [0.3, 0.4) is 0 Å². The Morgan fingerprint density at radius 2 is 1.89 bits per heavy atom. The van der Waals surface area contributed by atoms with Crippen LogP contribution in [0.4, 0.5) is 0 Å². The summed E-state index contributed by atoms with van der Waals surface area (Å²) in [6.45, 7) is 6.89. The Balaban J connectivity index is 1.82. The number of ketones is 1. The summed E-state index contributed by atoms with van der Waals surface area (Å²) in [5.74, 6) is 0.464. The van der Waals surface area contributed by atoms with Crippen LogP contribution in [0.15, 0.2) is 0 Å². The first-order valence-electron chi connectivity index (χ1n) is 6.78. The van der Waals surface area contributed by atoms with Crippen LogP contribution in [0.25, 0.3) is 0 Å². The van der Waals surface area contributed by atoms with Gasteiger partial charge in [-0.2, -0.15) is 0 Å². The van der Waals surface area contributed by atoms with Gasteiger partial charge >= 0.3 is 0 Å². The fourth-order valence-corrected chi connectivity index (χ4v) is 2.69. The third-order valence-electron chi connectivity index (χ3n) is 3.98. The van der Waals surface area contributed by atoms with Crippen LogP contribution in [-0.2, 0) is 9.59 Å². The van der Waals surface area contributed by atoms with E-state index >= 15 is 0 Å². The van der Waals surface area contributed by atoms with E-state index < -0.39 is 0 Å². The van der Waals surface area contributed by atoms with Gasteiger partial charge in [0.25, 0.3) is 0 Å². The van der Waals surface area contributed by atoms with Gasteiger partial charge in [-0.25, -0.2) is 0 Å². The number of piperazine rings is 1. The number of carbonyl (C=O) groups is 2. The Morgan fingerprint density at radius 3 is 2.50 bits per heavy atom. The average Bonchev–Trinajstić information content (AvgIpc) is 2.33. The summed E-state index contributed by atoms with van der Waals surface area (Å²) in [4.78, 5) is 29.7. The zero-order valence-electron chi connectivity index (χ0n) is 11.4. The smallest absolute Gasteiger partial charge is 0.236 e. The van der Waals surface area contributed by atoms with Gasteiger partial charge in [-0.3, -0.25) is 14.5 Å². The van der Waals surface area contributed by atoms with Crippen LogP contribution in [0.5, 0.6) is 0 Å². The molecule has 5 nitrogen and oxygen atoms in total. The van der Waals surface area contributed by atoms with E-state index in [0.29, 0.717) is 38.5 Å². The van der Waals surface area contributed by atoms with E-state index in [0.717, 1.165) is 19.6 Å². The molecule has 102 valence electrons. The highest BCUT2D eigenvalue weighted by Gasteiger charge is 2.26. The Hall–Kier alpha value is -0.940. The number of Topliss-reactive ketones (excluding diaryl/α,β-unsaturated/α-hetero) is 1. The minimum Gasteiger partial charge on any atom is -0.341 e. The normalized spacial score (nSPS) is 27.6. The predicted octanol–water partition coefficient (Wildman–Crippen LogP) is -0.186. The Morgan fingerprint density at radius 1 is 1.22 bits per heavy atom. The van der Waals surface area contributed by atoms with Gasteiger partial charge in [0.15, 0.2) is 0 Å². The van der Waals surface area contributed by atoms with Crippen LogP contribution in [0.2, 0.25) is 0 Å². The summed E-state index contributed by atoms with van der Waals surface area (Å²) in [5.41, 5.74) is 0. The standard InChI is InChI=1S/C13H23N3O2/c1-11-9-14(2)7-8-16(11)10-13(18)15-5-3-12(17)4-6-15/h11H,3-10H2,1-2H3. The van der Waals surface area contributed by atoms with Gasteiger partial charge in [-0.05, 0) is 14.0 Å². The van der Waals surface area contributed by atoms with Crippen molar-refractivity contribution in [2.24, 2.45) is 0 Å². The summed E-state index contributed by atoms with van der Waals surface area (Å²) in [7, 11) is 2.12. The number of hydrogen-bond acceptors (Lipinski definition) is 4. The predicted molar refractivity (Wildman–Crippen MR) is 69.4 cm³/mol. The van der Waals surface area contributed by atoms with Gasteiger partial charge in [0.2, 0.25) is 5.91 Å². The Labute approximate surface area is 109 Å². The molecule has 2 saturated heterocycles. The number of likely N-dealkylation sites (N-methyl/N-ethyl adjacent to an activating group) is 1. The second-order valence-electron chi connectivity index (χ2n) is 5.50. The molecule has 0 aliphatic carbocycles. The van der Waals surface area contributed by atoms with E-state index in [1.54, 1.807) is 0 Å². The SMILES string of the molecule is CC1CN(C)CCN1CC(=O)N1CCC(=O)CC1. The molecule has 1 unspecified atom stereocenters. The van der Waals surface area contributed by atoms with Crippen LogP contribution >= 0.6 is 0 Å². The first-order valence-corrected chi connectivity index (χ1v) is 6.78. The van der Waals surface area contributed by atoms with Gasteiger partial charge < -0.3 is 9.80 Å². The highest BCUT2D eigenvalue weighted by Crippen LogP contribution is 2.10. The van der Waals surface area contributed by atoms with E-state index in [2.05, 4.69) is 23.8 Å². The van der Waals surface area contributed by atoms with Crippen molar-refractivity contribution in [1.82, 2.24) is 14.7 Å². The molecular formula is C13H23N3O2. The molecule has 1 atom stereocenters. The molecule has 2 aliphatic rings. The average molecular weight is 253 g/mol. The van der Waals surface area contributed by atoms with E-state index in [-0.39, 0.29) is 11.7 Å². The maximum atomic E-state index is 12.2. The minimum absolute atomic E-state index is 0.180. The fourth-order valence-electron chi connectivity index (χ4n) is 2.69. The van der Waals surface area contributed by atoms with Gasteiger partial charge in [0, 0.05) is 51.6 Å². The lowest BCUT2D eigenvalue weighted by Gasteiger charge is -2.39. The second kappa shape index (κ2) is 5.80. The topological polar surface area (TPSA) is 43.9 Å². The third kappa shape index (κ3) is 3.29. The van der Waals surface area contributed by atoms with Gasteiger partial charge in [-0.15, -0.1) is 0 Å². The zero-order valence-corrected chi connectivity index (χ0v) is 11.4. The fraction of sp³-hybridized carbons (Fsp3) is 0.846. The molecule has 0 saturated carbocycles. The van der Waals surface area contributed by atoms with Crippen molar-refractivity contribution in [3.63, 3.8) is 0 Å². The monoisotopic (exact) mass is 253 g/mol. The van der Waals surface area contributed by atoms with Crippen LogP contribution in [-0.4, -0.2) is 78.7 Å². The molecule has 18 heavy (non-hydrogen) atoms. The molecule has 0 aromatic rings. The molecule has 0 radical (unpaired) electrons.